The van der Waals surface area contributed by atoms with Crippen LogP contribution in [0.25, 0.3) is 10.2 Å². The number of thiazole rings is 1. The molecule has 0 amide bonds. The van der Waals surface area contributed by atoms with Crippen molar-refractivity contribution in [3.8, 4) is 5.75 Å². The molecule has 0 unspecified atom stereocenters. The number of hydrogen-bond acceptors (Lipinski definition) is 4. The third-order valence-corrected chi connectivity index (χ3v) is 4.83. The zero-order valence-corrected chi connectivity index (χ0v) is 12.1. The summed E-state index contributed by atoms with van der Waals surface area (Å²) in [6, 6.07) is 6.24. The molecule has 1 fully saturated rings. The Morgan fingerprint density at radius 3 is 3.00 bits per heavy atom. The number of piperidine rings is 1. The fourth-order valence-corrected chi connectivity index (χ4v) is 3.42. The van der Waals surface area contributed by atoms with Gasteiger partial charge in [0.1, 0.15) is 11.3 Å². The Labute approximate surface area is 118 Å². The molecular formula is C15H20N2OS. The number of nitrogens with one attached hydrogen (secondary N) is 1. The molecule has 1 aliphatic heterocycles. The molecule has 0 atom stereocenters. The Kier molecular flexibility index (Phi) is 3.99. The molecule has 3 rings (SSSR count). The highest BCUT2D eigenvalue weighted by atomic mass is 32.1. The van der Waals surface area contributed by atoms with Crippen LogP contribution in [0.1, 0.15) is 24.8 Å². The standard InChI is InChI=1S/C15H20N2OS/c1-2-14-17-15-12(4-3-5-13(15)19-14)18-10-11-6-8-16-9-7-11/h3-5,11,16H,2,6-10H2,1H3. The highest BCUT2D eigenvalue weighted by Crippen LogP contribution is 2.30. The number of nitrogens with zero attached hydrogens (tertiary/aromatic N) is 1. The Bertz CT molecular complexity index is 546. The second kappa shape index (κ2) is 5.88. The first-order chi connectivity index (χ1) is 9.36. The highest BCUT2D eigenvalue weighted by molar-refractivity contribution is 7.18. The summed E-state index contributed by atoms with van der Waals surface area (Å²) in [5.74, 6) is 1.63. The molecule has 0 radical (unpaired) electrons. The first kappa shape index (κ1) is 12.9. The molecule has 0 aliphatic carbocycles. The molecule has 4 heteroatoms. The Morgan fingerprint density at radius 2 is 2.21 bits per heavy atom. The second-order valence-electron chi connectivity index (χ2n) is 5.07. The second-order valence-corrected chi connectivity index (χ2v) is 6.18. The number of rotatable bonds is 4. The lowest BCUT2D eigenvalue weighted by atomic mass is 9.99. The monoisotopic (exact) mass is 276 g/mol. The van der Waals surface area contributed by atoms with E-state index >= 15 is 0 Å². The van der Waals surface area contributed by atoms with Gasteiger partial charge in [-0.1, -0.05) is 13.0 Å². The lowest BCUT2D eigenvalue weighted by molar-refractivity contribution is 0.217. The fourth-order valence-electron chi connectivity index (χ4n) is 2.49. The van der Waals surface area contributed by atoms with E-state index in [1.54, 1.807) is 11.3 Å². The van der Waals surface area contributed by atoms with Crippen molar-refractivity contribution in [3.05, 3.63) is 23.2 Å². The summed E-state index contributed by atoms with van der Waals surface area (Å²) in [5.41, 5.74) is 1.04. The van der Waals surface area contributed by atoms with Crippen LogP contribution in [0.4, 0.5) is 0 Å². The SMILES string of the molecule is CCc1nc2c(OCC3CCNCC3)cccc2s1. The van der Waals surface area contributed by atoms with E-state index in [1.165, 1.54) is 22.5 Å². The maximum atomic E-state index is 6.03. The maximum absolute atomic E-state index is 6.03. The van der Waals surface area contributed by atoms with E-state index in [9.17, 15) is 0 Å². The Balaban J connectivity index is 1.74. The molecule has 0 saturated carbocycles. The van der Waals surface area contributed by atoms with Crippen molar-refractivity contribution in [2.45, 2.75) is 26.2 Å². The lowest BCUT2D eigenvalue weighted by Gasteiger charge is -2.22. The van der Waals surface area contributed by atoms with Crippen LogP contribution in [-0.4, -0.2) is 24.7 Å². The molecular weight excluding hydrogens is 256 g/mol. The molecule has 1 aromatic heterocycles. The van der Waals surface area contributed by atoms with E-state index < -0.39 is 0 Å². The minimum absolute atomic E-state index is 0.681. The van der Waals surface area contributed by atoms with E-state index in [0.29, 0.717) is 5.92 Å². The van der Waals surface area contributed by atoms with Crippen LogP contribution in [-0.2, 0) is 6.42 Å². The minimum Gasteiger partial charge on any atom is -0.491 e. The molecule has 2 heterocycles. The van der Waals surface area contributed by atoms with Gasteiger partial charge in [0.15, 0.2) is 0 Å². The number of aryl methyl sites for hydroxylation is 1. The Morgan fingerprint density at radius 1 is 1.37 bits per heavy atom. The van der Waals surface area contributed by atoms with Gasteiger partial charge < -0.3 is 10.1 Å². The van der Waals surface area contributed by atoms with E-state index in [-0.39, 0.29) is 0 Å². The summed E-state index contributed by atoms with van der Waals surface area (Å²) in [6.45, 7) is 5.21. The average molecular weight is 276 g/mol. The van der Waals surface area contributed by atoms with Gasteiger partial charge in [0.2, 0.25) is 0 Å². The van der Waals surface area contributed by atoms with Gasteiger partial charge in [-0.05, 0) is 50.4 Å². The normalized spacial score (nSPS) is 16.9. The number of aromatic nitrogens is 1. The van der Waals surface area contributed by atoms with Crippen molar-refractivity contribution in [2.24, 2.45) is 5.92 Å². The molecule has 1 N–H and O–H groups in total. The van der Waals surface area contributed by atoms with Crippen LogP contribution >= 0.6 is 11.3 Å². The number of para-hydroxylation sites is 1. The van der Waals surface area contributed by atoms with Crippen LogP contribution in [0, 0.1) is 5.92 Å². The number of benzene rings is 1. The number of hydrogen-bond donors (Lipinski definition) is 1. The molecule has 102 valence electrons. The van der Waals surface area contributed by atoms with Crippen LogP contribution in [0.3, 0.4) is 0 Å². The van der Waals surface area contributed by atoms with Gasteiger partial charge in [-0.3, -0.25) is 0 Å². The van der Waals surface area contributed by atoms with Crippen molar-refractivity contribution >= 4 is 21.6 Å². The molecule has 1 aromatic carbocycles. The minimum atomic E-state index is 0.681. The van der Waals surface area contributed by atoms with E-state index in [2.05, 4.69) is 29.4 Å². The van der Waals surface area contributed by atoms with Crippen LogP contribution < -0.4 is 10.1 Å². The van der Waals surface area contributed by atoms with Crippen LogP contribution in [0.5, 0.6) is 5.75 Å². The van der Waals surface area contributed by atoms with Crippen molar-refractivity contribution < 1.29 is 4.74 Å². The molecule has 19 heavy (non-hydrogen) atoms. The van der Waals surface area contributed by atoms with Gasteiger partial charge in [-0.15, -0.1) is 11.3 Å². The average Bonchev–Trinajstić information content (AvgIpc) is 2.90. The zero-order chi connectivity index (χ0) is 13.1. The molecule has 2 aromatic rings. The number of ether oxygens (including phenoxy) is 1. The summed E-state index contributed by atoms with van der Waals surface area (Å²) in [5, 5.41) is 4.58. The predicted octanol–water partition coefficient (Wildman–Crippen LogP) is 3.24. The van der Waals surface area contributed by atoms with Crippen molar-refractivity contribution in [1.82, 2.24) is 10.3 Å². The van der Waals surface area contributed by atoms with Gasteiger partial charge in [0.25, 0.3) is 0 Å². The summed E-state index contributed by atoms with van der Waals surface area (Å²) in [4.78, 5) is 4.68. The molecule has 0 spiro atoms. The highest BCUT2D eigenvalue weighted by Gasteiger charge is 2.15. The molecule has 1 saturated heterocycles. The van der Waals surface area contributed by atoms with Gasteiger partial charge in [0, 0.05) is 0 Å². The summed E-state index contributed by atoms with van der Waals surface area (Å²) in [7, 11) is 0. The van der Waals surface area contributed by atoms with Crippen molar-refractivity contribution in [3.63, 3.8) is 0 Å². The zero-order valence-electron chi connectivity index (χ0n) is 11.3. The first-order valence-corrected chi connectivity index (χ1v) is 7.90. The molecule has 0 bridgehead atoms. The lowest BCUT2D eigenvalue weighted by Crippen LogP contribution is -2.30. The van der Waals surface area contributed by atoms with Crippen LogP contribution in [0.2, 0.25) is 0 Å². The third kappa shape index (κ3) is 2.90. The largest absolute Gasteiger partial charge is 0.491 e. The topological polar surface area (TPSA) is 34.1 Å². The van der Waals surface area contributed by atoms with Gasteiger partial charge >= 0.3 is 0 Å². The van der Waals surface area contributed by atoms with Gasteiger partial charge in [0.05, 0.1) is 16.3 Å². The van der Waals surface area contributed by atoms with Crippen molar-refractivity contribution in [2.75, 3.05) is 19.7 Å². The quantitative estimate of drug-likeness (QED) is 0.931. The third-order valence-electron chi connectivity index (χ3n) is 3.66. The summed E-state index contributed by atoms with van der Waals surface area (Å²) in [6.07, 6.45) is 3.42. The Hall–Kier alpha value is -1.13. The van der Waals surface area contributed by atoms with E-state index in [4.69, 9.17) is 4.74 Å². The summed E-state index contributed by atoms with van der Waals surface area (Å²) < 4.78 is 7.27. The van der Waals surface area contributed by atoms with E-state index in [0.717, 1.165) is 37.4 Å². The smallest absolute Gasteiger partial charge is 0.146 e. The van der Waals surface area contributed by atoms with Gasteiger partial charge in [-0.2, -0.15) is 0 Å². The van der Waals surface area contributed by atoms with Gasteiger partial charge in [-0.25, -0.2) is 4.98 Å². The molecule has 3 nitrogen and oxygen atoms in total. The predicted molar refractivity (Wildman–Crippen MR) is 80.1 cm³/mol. The first-order valence-electron chi connectivity index (χ1n) is 7.08. The van der Waals surface area contributed by atoms with Crippen LogP contribution in [0.15, 0.2) is 18.2 Å². The van der Waals surface area contributed by atoms with E-state index in [1.807, 2.05) is 6.07 Å². The number of fused-ring (bicyclic) bond motifs is 1. The maximum Gasteiger partial charge on any atom is 0.146 e. The summed E-state index contributed by atoms with van der Waals surface area (Å²) >= 11 is 1.77. The van der Waals surface area contributed by atoms with Crippen molar-refractivity contribution in [1.29, 1.82) is 0 Å². The fraction of sp³-hybridized carbons (Fsp3) is 0.533. The molecule has 1 aliphatic rings.